The van der Waals surface area contributed by atoms with Crippen LogP contribution < -0.4 is 0 Å². The van der Waals surface area contributed by atoms with Gasteiger partial charge in [-0.25, -0.2) is 5.11 Å². The Morgan fingerprint density at radius 1 is 1.44 bits per heavy atom. The van der Waals surface area contributed by atoms with E-state index in [4.69, 9.17) is 0 Å². The molecular weight excluding hydrogens is 180 g/mol. The Morgan fingerprint density at radius 3 is 2.00 bits per heavy atom. The molecule has 0 amide bonds. The van der Waals surface area contributed by atoms with E-state index in [1.54, 1.807) is 0 Å². The van der Waals surface area contributed by atoms with E-state index in [-0.39, 0.29) is 10.7 Å². The van der Waals surface area contributed by atoms with Gasteiger partial charge in [0.2, 0.25) is 0 Å². The summed E-state index contributed by atoms with van der Waals surface area (Å²) in [7, 11) is 0. The van der Waals surface area contributed by atoms with Crippen LogP contribution in [0, 0.1) is 5.92 Å². The molecule has 0 aromatic heterocycles. The van der Waals surface area contributed by atoms with Gasteiger partial charge in [-0.15, -0.1) is 0 Å². The van der Waals surface area contributed by atoms with Gasteiger partial charge in [0, 0.05) is 4.83 Å². The molecule has 55 valence electrons. The van der Waals surface area contributed by atoms with Crippen LogP contribution >= 0.6 is 15.9 Å². The van der Waals surface area contributed by atoms with Crippen LogP contribution in [0.3, 0.4) is 0 Å². The fourth-order valence-electron chi connectivity index (χ4n) is 0.650. The highest BCUT2D eigenvalue weighted by atomic mass is 79.9. The van der Waals surface area contributed by atoms with Crippen molar-refractivity contribution < 1.29 is 5.11 Å². The molecule has 0 spiro atoms. The molecule has 1 radical (unpaired) electrons. The van der Waals surface area contributed by atoms with Gasteiger partial charge >= 0.3 is 0 Å². The van der Waals surface area contributed by atoms with Crippen LogP contribution in [-0.4, -0.2) is 10.9 Å². The lowest BCUT2D eigenvalue weighted by molar-refractivity contribution is 0.0486. The molecule has 0 aliphatic rings. The molecule has 0 aromatic carbocycles. The van der Waals surface area contributed by atoms with E-state index in [2.05, 4.69) is 15.9 Å². The monoisotopic (exact) mass is 193 g/mol. The third kappa shape index (κ3) is 3.21. The molecule has 0 rings (SSSR count). The lowest BCUT2D eigenvalue weighted by Crippen LogP contribution is -2.23. The third-order valence-corrected chi connectivity index (χ3v) is 2.57. The van der Waals surface area contributed by atoms with E-state index in [1.807, 2.05) is 20.8 Å². The zero-order chi connectivity index (χ0) is 7.44. The minimum absolute atomic E-state index is 0.150. The molecule has 0 aromatic rings. The maximum atomic E-state index is 11.1. The highest BCUT2D eigenvalue weighted by molar-refractivity contribution is 9.09. The first-order chi connectivity index (χ1) is 4.09. The summed E-state index contributed by atoms with van der Waals surface area (Å²) in [4.78, 5) is 0.150. The summed E-state index contributed by atoms with van der Waals surface area (Å²) in [6, 6.07) is 0. The van der Waals surface area contributed by atoms with Gasteiger partial charge in [0.05, 0.1) is 0 Å². The van der Waals surface area contributed by atoms with Gasteiger partial charge in [-0.05, 0) is 12.3 Å². The topological polar surface area (TPSA) is 19.9 Å². The minimum atomic E-state index is -0.449. The Bertz CT molecular complexity index is 73.3. The first-order valence-corrected chi connectivity index (χ1v) is 4.31. The molecule has 1 nitrogen and oxygen atoms in total. The Kier molecular flexibility index (Phi) is 4.50. The van der Waals surface area contributed by atoms with Crippen molar-refractivity contribution in [2.45, 2.75) is 38.1 Å². The molecule has 0 saturated heterocycles. The highest BCUT2D eigenvalue weighted by Crippen LogP contribution is 2.16. The second kappa shape index (κ2) is 4.29. The summed E-state index contributed by atoms with van der Waals surface area (Å²) in [6.45, 7) is 5.94. The molecule has 0 bridgehead atoms. The Hall–Kier alpha value is 0.440. The van der Waals surface area contributed by atoms with Gasteiger partial charge in [-0.3, -0.25) is 0 Å². The normalized spacial score (nSPS) is 18.0. The van der Waals surface area contributed by atoms with Gasteiger partial charge in [0.15, 0.2) is 0 Å². The molecule has 0 N–H and O–H groups in total. The standard InChI is InChI=1S/C7H14BrO/c1-4-6(8)7(9)5(2)3/h5-7H,4H2,1-3H3. The molecular formula is C7H14BrO. The zero-order valence-corrected chi connectivity index (χ0v) is 7.81. The molecule has 0 aliphatic heterocycles. The second-order valence-electron chi connectivity index (χ2n) is 2.63. The summed E-state index contributed by atoms with van der Waals surface area (Å²) in [6.07, 6.45) is 0.474. The summed E-state index contributed by atoms with van der Waals surface area (Å²) in [5, 5.41) is 11.1. The van der Waals surface area contributed by atoms with Crippen molar-refractivity contribution in [3.8, 4) is 0 Å². The minimum Gasteiger partial charge on any atom is -0.232 e. The van der Waals surface area contributed by atoms with Crippen LogP contribution in [0.4, 0.5) is 0 Å². The average molecular weight is 194 g/mol. The van der Waals surface area contributed by atoms with Crippen LogP contribution in [0.15, 0.2) is 0 Å². The van der Waals surface area contributed by atoms with E-state index in [0.29, 0.717) is 0 Å². The predicted molar refractivity (Wildman–Crippen MR) is 42.3 cm³/mol. The smallest absolute Gasteiger partial charge is 0.108 e. The summed E-state index contributed by atoms with van der Waals surface area (Å²) < 4.78 is 0. The van der Waals surface area contributed by atoms with Crippen molar-refractivity contribution in [1.82, 2.24) is 0 Å². The van der Waals surface area contributed by atoms with Crippen LogP contribution in [0.5, 0.6) is 0 Å². The van der Waals surface area contributed by atoms with Gasteiger partial charge < -0.3 is 0 Å². The van der Waals surface area contributed by atoms with Crippen molar-refractivity contribution in [2.24, 2.45) is 5.92 Å². The third-order valence-electron chi connectivity index (χ3n) is 1.40. The van der Waals surface area contributed by atoms with E-state index in [1.165, 1.54) is 0 Å². The molecule has 2 unspecified atom stereocenters. The van der Waals surface area contributed by atoms with Gasteiger partial charge in [0.25, 0.3) is 0 Å². The SMILES string of the molecule is CCC(Br)C([O])C(C)C. The van der Waals surface area contributed by atoms with E-state index in [0.717, 1.165) is 6.42 Å². The van der Waals surface area contributed by atoms with Gasteiger partial charge in [-0.2, -0.15) is 0 Å². The van der Waals surface area contributed by atoms with Crippen LogP contribution in [0.25, 0.3) is 0 Å². The first-order valence-electron chi connectivity index (χ1n) is 3.39. The largest absolute Gasteiger partial charge is 0.232 e. The molecule has 2 atom stereocenters. The van der Waals surface area contributed by atoms with Crippen molar-refractivity contribution >= 4 is 15.9 Å². The van der Waals surface area contributed by atoms with E-state index in [9.17, 15) is 5.11 Å². The molecule has 0 fully saturated rings. The Morgan fingerprint density at radius 2 is 1.89 bits per heavy atom. The quantitative estimate of drug-likeness (QED) is 0.615. The van der Waals surface area contributed by atoms with Crippen LogP contribution in [0.1, 0.15) is 27.2 Å². The van der Waals surface area contributed by atoms with Gasteiger partial charge in [-0.1, -0.05) is 36.7 Å². The summed E-state index contributed by atoms with van der Waals surface area (Å²) in [5.41, 5.74) is 0. The molecule has 0 heterocycles. The maximum Gasteiger partial charge on any atom is 0.108 e. The number of hydrogen-bond acceptors (Lipinski definition) is 0. The second-order valence-corrected chi connectivity index (χ2v) is 3.81. The summed E-state index contributed by atoms with van der Waals surface area (Å²) >= 11 is 3.33. The zero-order valence-electron chi connectivity index (χ0n) is 6.23. The fourth-order valence-corrected chi connectivity index (χ4v) is 1.26. The van der Waals surface area contributed by atoms with E-state index < -0.39 is 6.10 Å². The lowest BCUT2D eigenvalue weighted by atomic mass is 10.0. The van der Waals surface area contributed by atoms with Crippen LogP contribution in [0.2, 0.25) is 0 Å². The van der Waals surface area contributed by atoms with Crippen LogP contribution in [-0.2, 0) is 5.11 Å². The molecule has 0 saturated carbocycles. The van der Waals surface area contributed by atoms with Crippen molar-refractivity contribution in [3.05, 3.63) is 0 Å². The highest BCUT2D eigenvalue weighted by Gasteiger charge is 2.18. The van der Waals surface area contributed by atoms with Crippen molar-refractivity contribution in [2.75, 3.05) is 0 Å². The number of halogens is 1. The van der Waals surface area contributed by atoms with Crippen molar-refractivity contribution in [3.63, 3.8) is 0 Å². The Balaban J connectivity index is 3.58. The first kappa shape index (κ1) is 9.44. The predicted octanol–water partition coefficient (Wildman–Crippen LogP) is 2.62. The van der Waals surface area contributed by atoms with Gasteiger partial charge in [0.1, 0.15) is 6.10 Å². The molecule has 9 heavy (non-hydrogen) atoms. The van der Waals surface area contributed by atoms with Crippen molar-refractivity contribution in [1.29, 1.82) is 0 Å². The fraction of sp³-hybridized carbons (Fsp3) is 1.00. The number of alkyl halides is 1. The molecule has 2 heteroatoms. The Labute approximate surface area is 65.6 Å². The number of rotatable bonds is 3. The maximum absolute atomic E-state index is 11.1. The summed E-state index contributed by atoms with van der Waals surface area (Å²) in [5.74, 6) is 0.245. The van der Waals surface area contributed by atoms with E-state index >= 15 is 0 Å². The lowest BCUT2D eigenvalue weighted by Gasteiger charge is -2.16. The molecule has 0 aliphatic carbocycles. The average Bonchev–Trinajstić information content (AvgIpc) is 1.84. The number of hydrogen-bond donors (Lipinski definition) is 0.